The molecule has 4 amide bonds. The first kappa shape index (κ1) is 37.9. The highest BCUT2D eigenvalue weighted by molar-refractivity contribution is 8.00. The fraction of sp³-hybridized carbons (Fsp3) is 0.293. The van der Waals surface area contributed by atoms with Gasteiger partial charge >= 0.3 is 18.2 Å². The molecule has 280 valence electrons. The number of nitrogens with one attached hydrogen (secondary N) is 3. The van der Waals surface area contributed by atoms with Crippen LogP contribution in [0, 0.1) is 0 Å². The van der Waals surface area contributed by atoms with Gasteiger partial charge in [-0.3, -0.25) is 19.8 Å². The second-order valence-corrected chi connectivity index (χ2v) is 14.9. The van der Waals surface area contributed by atoms with Gasteiger partial charge in [0.1, 0.15) is 29.3 Å². The van der Waals surface area contributed by atoms with Crippen LogP contribution in [0.1, 0.15) is 50.0 Å². The SMILES string of the molecule is C=CCOC(=O)Nc1ccc(CC(=C2CCNC2=O)C2=C(C(=O)OC(c3ccccc3)c3ccccc3)N3C(=O)[C@@H](NC(=O)OC(C)(C)C)[C@H]3SC2)cc1. The molecular weight excluding hydrogens is 709 g/mol. The van der Waals surface area contributed by atoms with Gasteiger partial charge in [0.05, 0.1) is 0 Å². The lowest BCUT2D eigenvalue weighted by atomic mass is 9.90. The Morgan fingerprint density at radius 1 is 0.963 bits per heavy atom. The van der Waals surface area contributed by atoms with Crippen molar-refractivity contribution in [2.45, 2.75) is 56.7 Å². The van der Waals surface area contributed by atoms with Crippen LogP contribution in [-0.2, 0) is 35.0 Å². The number of esters is 1. The van der Waals surface area contributed by atoms with Gasteiger partial charge in [0.15, 0.2) is 6.10 Å². The van der Waals surface area contributed by atoms with Crippen molar-refractivity contribution in [2.24, 2.45) is 0 Å². The molecule has 0 unspecified atom stereocenters. The van der Waals surface area contributed by atoms with Crippen molar-refractivity contribution in [3.05, 3.63) is 137 Å². The van der Waals surface area contributed by atoms with Crippen LogP contribution in [0.25, 0.3) is 0 Å². The quantitative estimate of drug-likeness (QED) is 0.0687. The van der Waals surface area contributed by atoms with Crippen LogP contribution in [0.5, 0.6) is 0 Å². The van der Waals surface area contributed by atoms with E-state index in [2.05, 4.69) is 22.5 Å². The lowest BCUT2D eigenvalue weighted by Crippen LogP contribution is -2.70. The molecule has 3 aromatic rings. The predicted molar refractivity (Wildman–Crippen MR) is 204 cm³/mol. The number of hydrogen-bond donors (Lipinski definition) is 3. The normalized spacial score (nSPS) is 18.9. The van der Waals surface area contributed by atoms with Crippen LogP contribution < -0.4 is 16.0 Å². The smallest absolute Gasteiger partial charge is 0.411 e. The zero-order valence-corrected chi connectivity index (χ0v) is 31.1. The highest BCUT2D eigenvalue weighted by Gasteiger charge is 2.55. The van der Waals surface area contributed by atoms with Gasteiger partial charge < -0.3 is 24.8 Å². The van der Waals surface area contributed by atoms with Crippen LogP contribution in [0.3, 0.4) is 0 Å². The second-order valence-electron chi connectivity index (χ2n) is 13.8. The van der Waals surface area contributed by atoms with Gasteiger partial charge in [-0.05, 0) is 73.6 Å². The number of carbonyl (C=O) groups is 5. The number of β-lactam (4-membered cyclic amide) rings is 1. The summed E-state index contributed by atoms with van der Waals surface area (Å²) in [5, 5.41) is 7.60. The van der Waals surface area contributed by atoms with E-state index in [4.69, 9.17) is 14.2 Å². The predicted octanol–water partition coefficient (Wildman–Crippen LogP) is 6.18. The number of carbonyl (C=O) groups excluding carboxylic acids is 5. The summed E-state index contributed by atoms with van der Waals surface area (Å²) in [4.78, 5) is 68.3. The largest absolute Gasteiger partial charge is 0.448 e. The Labute approximate surface area is 318 Å². The van der Waals surface area contributed by atoms with E-state index < -0.39 is 47.2 Å². The molecule has 3 aliphatic heterocycles. The lowest BCUT2D eigenvalue weighted by molar-refractivity contribution is -0.153. The summed E-state index contributed by atoms with van der Waals surface area (Å²) < 4.78 is 16.8. The Balaban J connectivity index is 1.40. The summed E-state index contributed by atoms with van der Waals surface area (Å²) in [7, 11) is 0. The summed E-state index contributed by atoms with van der Waals surface area (Å²) in [6.45, 7) is 9.21. The summed E-state index contributed by atoms with van der Waals surface area (Å²) in [5.41, 5.74) is 3.59. The number of nitrogens with zero attached hydrogens (tertiary/aromatic N) is 1. The minimum absolute atomic E-state index is 0.0216. The molecule has 3 N–H and O–H groups in total. The minimum atomic E-state index is -0.947. The van der Waals surface area contributed by atoms with Crippen molar-refractivity contribution in [1.29, 1.82) is 0 Å². The van der Waals surface area contributed by atoms with Gasteiger partial charge in [0.2, 0.25) is 5.91 Å². The fourth-order valence-electron chi connectivity index (χ4n) is 6.42. The standard InChI is InChI=1S/C41H42N4O8S/c1-5-22-51-39(49)43-28-18-16-25(17-19-28)23-30(29-20-21-42-35(29)46)31-24-54-37-32(44-40(50)53-41(2,3)4)36(47)45(37)33(31)38(48)52-34(26-12-8-6-9-13-26)27-14-10-7-11-15-27/h5-19,32,34,37H,1,20-24H2,2-4H3,(H,42,46)(H,43,49)(H,44,50)/t32-,37-/m1/s1. The van der Waals surface area contributed by atoms with Crippen LogP contribution >= 0.6 is 11.8 Å². The molecule has 2 fully saturated rings. The number of hydrogen-bond acceptors (Lipinski definition) is 9. The van der Waals surface area contributed by atoms with Crippen LogP contribution in [-0.4, -0.2) is 70.8 Å². The number of benzene rings is 3. The first-order chi connectivity index (χ1) is 25.9. The number of allylic oxidation sites excluding steroid dienone is 1. The van der Waals surface area contributed by atoms with Crippen molar-refractivity contribution < 1.29 is 38.2 Å². The molecule has 0 aliphatic carbocycles. The van der Waals surface area contributed by atoms with Crippen molar-refractivity contribution in [2.75, 3.05) is 24.2 Å². The van der Waals surface area contributed by atoms with Crippen molar-refractivity contribution >= 4 is 47.4 Å². The highest BCUT2D eigenvalue weighted by Crippen LogP contribution is 2.45. The first-order valence-corrected chi connectivity index (χ1v) is 18.6. The zero-order valence-electron chi connectivity index (χ0n) is 30.3. The molecule has 6 rings (SSSR count). The molecule has 3 aromatic carbocycles. The summed E-state index contributed by atoms with van der Waals surface area (Å²) >= 11 is 1.38. The molecule has 54 heavy (non-hydrogen) atoms. The Bertz CT molecular complexity index is 1950. The average molecular weight is 751 g/mol. The highest BCUT2D eigenvalue weighted by atomic mass is 32.2. The van der Waals surface area contributed by atoms with Crippen molar-refractivity contribution in [3.8, 4) is 0 Å². The third-order valence-corrected chi connectivity index (χ3v) is 10.1. The Morgan fingerprint density at radius 3 is 2.19 bits per heavy atom. The van der Waals surface area contributed by atoms with E-state index in [-0.39, 0.29) is 30.4 Å². The number of alkyl carbamates (subject to hydrolysis) is 1. The van der Waals surface area contributed by atoms with Crippen LogP contribution in [0.15, 0.2) is 120 Å². The monoisotopic (exact) mass is 750 g/mol. The molecule has 3 heterocycles. The van der Waals surface area contributed by atoms with Crippen LogP contribution in [0.4, 0.5) is 15.3 Å². The number of thioether (sulfide) groups is 1. The molecule has 3 aliphatic rings. The van der Waals surface area contributed by atoms with Gasteiger partial charge in [-0.1, -0.05) is 85.5 Å². The molecule has 13 heteroatoms. The molecule has 0 aromatic heterocycles. The average Bonchev–Trinajstić information content (AvgIpc) is 3.59. The molecule has 2 saturated heterocycles. The summed E-state index contributed by atoms with van der Waals surface area (Å²) in [5.74, 6) is -1.26. The van der Waals surface area contributed by atoms with Crippen molar-refractivity contribution in [3.63, 3.8) is 0 Å². The number of rotatable bonds is 11. The van der Waals surface area contributed by atoms with Gasteiger partial charge in [-0.25, -0.2) is 14.4 Å². The van der Waals surface area contributed by atoms with Gasteiger partial charge in [-0.15, -0.1) is 11.8 Å². The van der Waals surface area contributed by atoms with E-state index >= 15 is 0 Å². The summed E-state index contributed by atoms with van der Waals surface area (Å²) in [6.07, 6.45) is -0.0578. The minimum Gasteiger partial charge on any atom is -0.448 e. The Kier molecular flexibility index (Phi) is 11.6. The molecule has 0 radical (unpaired) electrons. The number of amides is 4. The molecule has 0 saturated carbocycles. The van der Waals surface area contributed by atoms with Gasteiger partial charge in [0.25, 0.3) is 5.91 Å². The topological polar surface area (TPSA) is 152 Å². The van der Waals surface area contributed by atoms with E-state index in [1.807, 2.05) is 72.8 Å². The van der Waals surface area contributed by atoms with E-state index in [0.29, 0.717) is 35.4 Å². The van der Waals surface area contributed by atoms with Gasteiger partial charge in [-0.2, -0.15) is 0 Å². The zero-order chi connectivity index (χ0) is 38.4. The van der Waals surface area contributed by atoms with Gasteiger partial charge in [0, 0.05) is 23.6 Å². The molecule has 0 bridgehead atoms. The fourth-order valence-corrected chi connectivity index (χ4v) is 7.81. The molecule has 12 nitrogen and oxygen atoms in total. The maximum absolute atomic E-state index is 14.7. The van der Waals surface area contributed by atoms with E-state index in [0.717, 1.165) is 16.7 Å². The Hall–Kier alpha value is -5.82. The lowest BCUT2D eigenvalue weighted by Gasteiger charge is -2.50. The third-order valence-electron chi connectivity index (χ3n) is 8.84. The molecule has 2 atom stereocenters. The third kappa shape index (κ3) is 8.69. The van der Waals surface area contributed by atoms with E-state index in [1.54, 1.807) is 32.9 Å². The first-order valence-electron chi connectivity index (χ1n) is 17.6. The van der Waals surface area contributed by atoms with Crippen LogP contribution in [0.2, 0.25) is 0 Å². The van der Waals surface area contributed by atoms with E-state index in [1.165, 1.54) is 22.7 Å². The molecular formula is C41H42N4O8S. The maximum Gasteiger partial charge on any atom is 0.411 e. The number of anilines is 1. The van der Waals surface area contributed by atoms with Crippen molar-refractivity contribution in [1.82, 2.24) is 15.5 Å². The number of ether oxygens (including phenoxy) is 3. The Morgan fingerprint density at radius 2 is 1.61 bits per heavy atom. The maximum atomic E-state index is 14.7. The number of fused-ring (bicyclic) bond motifs is 1. The second kappa shape index (κ2) is 16.5. The summed E-state index contributed by atoms with van der Waals surface area (Å²) in [6, 6.07) is 24.7. The molecule has 0 spiro atoms. The van der Waals surface area contributed by atoms with E-state index in [9.17, 15) is 24.0 Å².